The zero-order valence-electron chi connectivity index (χ0n) is 33.9. The van der Waals surface area contributed by atoms with Gasteiger partial charge in [-0.3, -0.25) is 29.5 Å². The Balaban J connectivity index is 0.000000158. The summed E-state index contributed by atoms with van der Waals surface area (Å²) in [6.07, 6.45) is 36.3. The average Bonchev–Trinajstić information content (AvgIpc) is 3.85. The van der Waals surface area contributed by atoms with Gasteiger partial charge in [0.1, 0.15) is 12.6 Å². The van der Waals surface area contributed by atoms with E-state index in [1.165, 1.54) is 31.4 Å². The minimum absolute atomic E-state index is 0.407. The summed E-state index contributed by atoms with van der Waals surface area (Å²) in [5.74, 6) is 1.62. The van der Waals surface area contributed by atoms with E-state index in [9.17, 15) is 9.59 Å². The van der Waals surface area contributed by atoms with E-state index in [1.54, 1.807) is 41.9 Å². The Morgan fingerprint density at radius 1 is 0.565 bits per heavy atom. The Morgan fingerprint density at radius 2 is 1.02 bits per heavy atom. The molecule has 306 valence electrons. The number of carbonyl (C=O) groups excluding carboxylic acids is 2. The zero-order chi connectivity index (χ0) is 42.2. The summed E-state index contributed by atoms with van der Waals surface area (Å²) in [7, 11) is 0. The first kappa shape index (κ1) is 39.6. The number of carbonyl (C=O) groups is 2. The second kappa shape index (κ2) is 17.8. The summed E-state index contributed by atoms with van der Waals surface area (Å²) >= 11 is 0. The number of aldehydes is 2. The van der Waals surface area contributed by atoms with E-state index >= 15 is 0 Å². The van der Waals surface area contributed by atoms with Crippen LogP contribution >= 0.6 is 0 Å². The van der Waals surface area contributed by atoms with E-state index in [-0.39, 0.29) is 0 Å². The predicted octanol–water partition coefficient (Wildman–Crippen LogP) is 8.50. The number of pyridine rings is 4. The van der Waals surface area contributed by atoms with Crippen LogP contribution in [0.25, 0.3) is 24.6 Å². The highest BCUT2D eigenvalue weighted by molar-refractivity contribution is 5.77. The van der Waals surface area contributed by atoms with E-state index in [1.807, 2.05) is 84.1 Å². The number of allylic oxidation sites excluding steroid dienone is 4. The van der Waals surface area contributed by atoms with Gasteiger partial charge in [-0.15, -0.1) is 5.10 Å². The predicted molar refractivity (Wildman–Crippen MR) is 242 cm³/mol. The smallest absolute Gasteiger partial charge is 0.160 e. The van der Waals surface area contributed by atoms with Gasteiger partial charge in [-0.1, -0.05) is 66.8 Å². The Morgan fingerprint density at radius 3 is 1.42 bits per heavy atom. The highest BCUT2D eigenvalue weighted by atomic mass is 16.1. The minimum atomic E-state index is -0.452. The normalized spacial score (nSPS) is 15.8. The number of anilines is 3. The summed E-state index contributed by atoms with van der Waals surface area (Å²) in [5.41, 5.74) is 8.56. The lowest BCUT2D eigenvalue weighted by molar-refractivity contribution is -0.104. The van der Waals surface area contributed by atoms with Gasteiger partial charge in [0.2, 0.25) is 0 Å². The van der Waals surface area contributed by atoms with Gasteiger partial charge in [0.15, 0.2) is 11.6 Å². The van der Waals surface area contributed by atoms with E-state index < -0.39 is 10.8 Å². The molecule has 6 heterocycles. The van der Waals surface area contributed by atoms with Crippen molar-refractivity contribution in [2.24, 2.45) is 0 Å². The Hall–Kier alpha value is -7.86. The lowest BCUT2D eigenvalue weighted by Crippen LogP contribution is -2.31. The number of rotatable bonds is 12. The van der Waals surface area contributed by atoms with Gasteiger partial charge in [0.25, 0.3) is 0 Å². The number of hydrogen-bond acceptors (Lipinski definition) is 10. The maximum atomic E-state index is 11.0. The van der Waals surface area contributed by atoms with Crippen LogP contribution in [0.1, 0.15) is 64.0 Å². The number of nitrogens with zero attached hydrogens (tertiary/aromatic N) is 8. The number of nitrogens with one attached hydrogen (secondary N) is 2. The fourth-order valence-electron chi connectivity index (χ4n) is 8.48. The fourth-order valence-corrected chi connectivity index (χ4v) is 8.48. The van der Waals surface area contributed by atoms with Crippen LogP contribution in [0.2, 0.25) is 0 Å². The van der Waals surface area contributed by atoms with E-state index in [0.717, 1.165) is 74.7 Å². The van der Waals surface area contributed by atoms with Crippen molar-refractivity contribution >= 4 is 54.4 Å². The zero-order valence-corrected chi connectivity index (χ0v) is 33.9. The first-order chi connectivity index (χ1) is 30.6. The molecule has 7 aromatic rings. The molecule has 0 radical (unpaired) electrons. The van der Waals surface area contributed by atoms with Crippen molar-refractivity contribution in [2.45, 2.75) is 49.0 Å². The van der Waals surface area contributed by atoms with Crippen LogP contribution < -0.4 is 10.6 Å². The summed E-state index contributed by atoms with van der Waals surface area (Å²) in [5, 5.41) is 16.5. The van der Waals surface area contributed by atoms with Crippen LogP contribution in [0, 0.1) is 0 Å². The average molecular weight is 817 g/mol. The van der Waals surface area contributed by atoms with Crippen LogP contribution in [0.3, 0.4) is 0 Å². The molecule has 3 aliphatic rings. The quantitative estimate of drug-likeness (QED) is 0.0910. The molecular formula is C50H44N10O2. The van der Waals surface area contributed by atoms with E-state index in [2.05, 4.69) is 79.1 Å². The number of para-hydroxylation sites is 1. The van der Waals surface area contributed by atoms with Crippen LogP contribution in [0.15, 0.2) is 153 Å². The maximum Gasteiger partial charge on any atom is 0.160 e. The van der Waals surface area contributed by atoms with Crippen molar-refractivity contribution in [2.75, 3.05) is 10.6 Å². The number of aromatic nitrogens is 8. The second-order valence-electron chi connectivity index (χ2n) is 15.5. The SMILES string of the molecule is O=CC=Cn1nc(NC2CCC2)c2c1CC(c1cccnc1)(c1cccnc1)C=C2.O=CC=Cn1nc(Nc2ccccc2)c2c1CC(c1cccnc1)(c1cccnc1)C=C2. The lowest BCUT2D eigenvalue weighted by Gasteiger charge is -2.34. The standard InChI is InChI=1S/C26H21N5O.C24H23N5O/c32-16-6-15-31-24-17-26(20-7-4-13-27-18-20,21-8-5-14-28-19-21)12-11-23(24)25(30-31)29-22-9-2-1-3-10-22;30-14-4-13-29-22-15-24(18-5-2-11-25-16-18,19-6-3-12-26-17-19)10-9-21(22)23(28-29)27-20-7-1-8-20/h1-16,18-19H,17H2,(H,29,30);2-6,9-14,16-17,20H,1,7-8,15H2,(H,27,28). The van der Waals surface area contributed by atoms with Crippen molar-refractivity contribution in [3.05, 3.63) is 198 Å². The second-order valence-corrected chi connectivity index (χ2v) is 15.5. The number of fused-ring (bicyclic) bond motifs is 2. The molecule has 62 heavy (non-hydrogen) atoms. The van der Waals surface area contributed by atoms with Gasteiger partial charge in [0.05, 0.1) is 11.4 Å². The van der Waals surface area contributed by atoms with Gasteiger partial charge >= 0.3 is 0 Å². The van der Waals surface area contributed by atoms with Gasteiger partial charge in [-0.25, -0.2) is 9.36 Å². The topological polar surface area (TPSA) is 145 Å². The first-order valence-electron chi connectivity index (χ1n) is 20.7. The molecule has 0 unspecified atom stereocenters. The van der Waals surface area contributed by atoms with Crippen molar-refractivity contribution < 1.29 is 9.59 Å². The van der Waals surface area contributed by atoms with Gasteiger partial charge in [-0.05, 0) is 90.1 Å². The highest BCUT2D eigenvalue weighted by Gasteiger charge is 2.40. The Kier molecular flexibility index (Phi) is 11.4. The third kappa shape index (κ3) is 7.81. The van der Waals surface area contributed by atoms with Gasteiger partial charge in [-0.2, -0.15) is 5.10 Å². The van der Waals surface area contributed by atoms with Crippen LogP contribution in [-0.2, 0) is 33.3 Å². The molecular weight excluding hydrogens is 773 g/mol. The van der Waals surface area contributed by atoms with Crippen LogP contribution in [0.5, 0.6) is 0 Å². The van der Waals surface area contributed by atoms with Gasteiger partial charge in [0, 0.05) is 109 Å². The fraction of sp³-hybridized carbons (Fsp3) is 0.160. The number of benzene rings is 1. The summed E-state index contributed by atoms with van der Waals surface area (Å²) in [6.45, 7) is 0. The Bertz CT molecular complexity index is 2680. The molecule has 10 rings (SSSR count). The molecule has 0 spiro atoms. The molecule has 3 aliphatic carbocycles. The number of hydrogen-bond donors (Lipinski definition) is 2. The molecule has 0 saturated heterocycles. The lowest BCUT2D eigenvalue weighted by atomic mass is 9.69. The molecule has 0 atom stereocenters. The van der Waals surface area contributed by atoms with Crippen molar-refractivity contribution in [1.29, 1.82) is 0 Å². The third-order valence-corrected chi connectivity index (χ3v) is 11.9. The molecule has 12 nitrogen and oxygen atoms in total. The molecule has 0 bridgehead atoms. The summed E-state index contributed by atoms with van der Waals surface area (Å²) in [6, 6.07) is 26.6. The largest absolute Gasteiger partial charge is 0.365 e. The first-order valence-corrected chi connectivity index (χ1v) is 20.7. The summed E-state index contributed by atoms with van der Waals surface area (Å²) < 4.78 is 3.61. The molecule has 1 fully saturated rings. The van der Waals surface area contributed by atoms with E-state index in [4.69, 9.17) is 10.2 Å². The molecule has 0 aliphatic heterocycles. The van der Waals surface area contributed by atoms with Crippen molar-refractivity contribution in [3.8, 4) is 0 Å². The van der Waals surface area contributed by atoms with Gasteiger partial charge < -0.3 is 10.6 Å². The monoisotopic (exact) mass is 816 g/mol. The molecule has 12 heteroatoms. The molecule has 1 saturated carbocycles. The van der Waals surface area contributed by atoms with Crippen LogP contribution in [0.4, 0.5) is 17.3 Å². The third-order valence-electron chi connectivity index (χ3n) is 11.9. The maximum absolute atomic E-state index is 11.0. The van der Waals surface area contributed by atoms with Crippen LogP contribution in [-0.4, -0.2) is 58.1 Å². The van der Waals surface area contributed by atoms with E-state index in [0.29, 0.717) is 18.9 Å². The van der Waals surface area contributed by atoms with Crippen molar-refractivity contribution in [1.82, 2.24) is 39.5 Å². The summed E-state index contributed by atoms with van der Waals surface area (Å²) in [4.78, 5) is 39.5. The molecule has 6 aromatic heterocycles. The minimum Gasteiger partial charge on any atom is -0.365 e. The molecule has 1 aromatic carbocycles. The molecule has 0 amide bonds. The highest BCUT2D eigenvalue weighted by Crippen LogP contribution is 2.45. The molecule has 2 N–H and O–H groups in total. The Labute approximate surface area is 359 Å². The van der Waals surface area contributed by atoms with Crippen molar-refractivity contribution in [3.63, 3.8) is 0 Å².